The number of benzene rings is 1. The van der Waals surface area contributed by atoms with Crippen molar-refractivity contribution in [2.45, 2.75) is 45.6 Å². The Kier molecular flexibility index (Phi) is 4.76. The van der Waals surface area contributed by atoms with Gasteiger partial charge in [0.15, 0.2) is 0 Å². The second kappa shape index (κ2) is 6.33. The van der Waals surface area contributed by atoms with Crippen LogP contribution in [0, 0.1) is 17.7 Å². The fraction of sp³-hybridized carbons (Fsp3) is 0.625. The van der Waals surface area contributed by atoms with E-state index in [1.165, 1.54) is 19.3 Å². The maximum Gasteiger partial charge on any atom is 0.126 e. The van der Waals surface area contributed by atoms with E-state index in [1.54, 1.807) is 12.1 Å². The molecule has 1 N–H and O–H groups in total. The van der Waals surface area contributed by atoms with Crippen molar-refractivity contribution in [1.82, 2.24) is 5.32 Å². The van der Waals surface area contributed by atoms with Crippen molar-refractivity contribution in [3.8, 4) is 0 Å². The van der Waals surface area contributed by atoms with E-state index in [9.17, 15) is 4.39 Å². The molecule has 2 rings (SSSR count). The topological polar surface area (TPSA) is 12.0 Å². The fourth-order valence-corrected chi connectivity index (χ4v) is 3.06. The Morgan fingerprint density at radius 3 is 2.72 bits per heavy atom. The van der Waals surface area contributed by atoms with Crippen molar-refractivity contribution < 1.29 is 4.39 Å². The first-order chi connectivity index (χ1) is 8.66. The quantitative estimate of drug-likeness (QED) is 0.856. The average Bonchev–Trinajstić information content (AvgIpc) is 2.34. The van der Waals surface area contributed by atoms with Crippen LogP contribution in [-0.2, 0) is 6.42 Å². The number of halogens is 1. The van der Waals surface area contributed by atoms with Crippen LogP contribution in [0.1, 0.15) is 38.7 Å². The molecule has 1 aliphatic carbocycles. The number of hydrogen-bond donors (Lipinski definition) is 1. The number of nitrogens with one attached hydrogen (secondary N) is 1. The van der Waals surface area contributed by atoms with Crippen LogP contribution in [0.3, 0.4) is 0 Å². The second-order valence-corrected chi connectivity index (χ2v) is 5.80. The summed E-state index contributed by atoms with van der Waals surface area (Å²) in [6, 6.07) is 7.69. The van der Waals surface area contributed by atoms with Gasteiger partial charge in [-0.25, -0.2) is 4.39 Å². The second-order valence-electron chi connectivity index (χ2n) is 5.80. The molecule has 1 saturated carbocycles. The molecule has 0 bridgehead atoms. The van der Waals surface area contributed by atoms with E-state index in [4.69, 9.17) is 0 Å². The Labute approximate surface area is 110 Å². The van der Waals surface area contributed by atoms with Gasteiger partial charge in [0.1, 0.15) is 5.82 Å². The van der Waals surface area contributed by atoms with Gasteiger partial charge >= 0.3 is 0 Å². The molecule has 0 saturated heterocycles. The molecule has 0 spiro atoms. The summed E-state index contributed by atoms with van der Waals surface area (Å²) in [4.78, 5) is 0. The molecule has 1 aromatic carbocycles. The predicted octanol–water partition coefficient (Wildman–Crippen LogP) is 3.78. The summed E-state index contributed by atoms with van der Waals surface area (Å²) in [5.41, 5.74) is 0.821. The summed E-state index contributed by atoms with van der Waals surface area (Å²) in [5, 5.41) is 3.60. The van der Waals surface area contributed by atoms with E-state index in [0.29, 0.717) is 6.04 Å². The molecule has 100 valence electrons. The third-order valence-electron chi connectivity index (χ3n) is 4.19. The SMILES string of the molecule is CC1CCC(NCCc2ccccc2F)C(C)C1. The third-order valence-corrected chi connectivity index (χ3v) is 4.19. The smallest absolute Gasteiger partial charge is 0.126 e. The van der Waals surface area contributed by atoms with Gasteiger partial charge in [-0.2, -0.15) is 0 Å². The molecule has 2 heteroatoms. The van der Waals surface area contributed by atoms with Crippen LogP contribution in [0.25, 0.3) is 0 Å². The van der Waals surface area contributed by atoms with Gasteiger partial charge in [-0.15, -0.1) is 0 Å². The highest BCUT2D eigenvalue weighted by molar-refractivity contribution is 5.17. The van der Waals surface area contributed by atoms with Crippen LogP contribution in [0.4, 0.5) is 4.39 Å². The monoisotopic (exact) mass is 249 g/mol. The molecule has 1 nitrogen and oxygen atoms in total. The Hall–Kier alpha value is -0.890. The van der Waals surface area contributed by atoms with Crippen LogP contribution in [0.15, 0.2) is 24.3 Å². The van der Waals surface area contributed by atoms with Crippen LogP contribution in [0.2, 0.25) is 0 Å². The first-order valence-electron chi connectivity index (χ1n) is 7.13. The summed E-state index contributed by atoms with van der Waals surface area (Å²) >= 11 is 0. The van der Waals surface area contributed by atoms with E-state index in [1.807, 2.05) is 12.1 Å². The maximum absolute atomic E-state index is 13.5. The van der Waals surface area contributed by atoms with Gasteiger partial charge in [-0.05, 0) is 55.7 Å². The van der Waals surface area contributed by atoms with Crippen molar-refractivity contribution in [1.29, 1.82) is 0 Å². The highest BCUT2D eigenvalue weighted by Gasteiger charge is 2.24. The highest BCUT2D eigenvalue weighted by Crippen LogP contribution is 2.28. The Bertz CT molecular complexity index is 377. The molecule has 1 aliphatic rings. The lowest BCUT2D eigenvalue weighted by molar-refractivity contribution is 0.229. The molecule has 0 aromatic heterocycles. The maximum atomic E-state index is 13.5. The summed E-state index contributed by atoms with van der Waals surface area (Å²) in [6.45, 7) is 5.55. The lowest BCUT2D eigenvalue weighted by Crippen LogP contribution is -2.40. The highest BCUT2D eigenvalue weighted by atomic mass is 19.1. The zero-order chi connectivity index (χ0) is 13.0. The zero-order valence-electron chi connectivity index (χ0n) is 11.5. The average molecular weight is 249 g/mol. The Morgan fingerprint density at radius 2 is 2.00 bits per heavy atom. The lowest BCUT2D eigenvalue weighted by atomic mass is 9.80. The zero-order valence-corrected chi connectivity index (χ0v) is 11.5. The molecule has 0 aliphatic heterocycles. The lowest BCUT2D eigenvalue weighted by Gasteiger charge is -2.33. The standard InChI is InChI=1S/C16H24FN/c1-12-7-8-16(13(2)11-12)18-10-9-14-5-3-4-6-15(14)17/h3-6,12-13,16,18H,7-11H2,1-2H3. The minimum atomic E-state index is -0.0791. The first-order valence-corrected chi connectivity index (χ1v) is 7.13. The predicted molar refractivity (Wildman–Crippen MR) is 74.1 cm³/mol. The van der Waals surface area contributed by atoms with Crippen molar-refractivity contribution in [3.63, 3.8) is 0 Å². The van der Waals surface area contributed by atoms with E-state index < -0.39 is 0 Å². The molecular weight excluding hydrogens is 225 g/mol. The van der Waals surface area contributed by atoms with Gasteiger partial charge < -0.3 is 5.32 Å². The normalized spacial score (nSPS) is 28.3. The van der Waals surface area contributed by atoms with Gasteiger partial charge in [0.05, 0.1) is 0 Å². The van der Waals surface area contributed by atoms with E-state index in [-0.39, 0.29) is 5.82 Å². The summed E-state index contributed by atoms with van der Waals surface area (Å²) in [7, 11) is 0. The summed E-state index contributed by atoms with van der Waals surface area (Å²) in [5.74, 6) is 1.53. The van der Waals surface area contributed by atoms with E-state index in [2.05, 4.69) is 19.2 Å². The van der Waals surface area contributed by atoms with E-state index in [0.717, 1.165) is 30.4 Å². The van der Waals surface area contributed by atoms with Gasteiger partial charge in [-0.1, -0.05) is 32.0 Å². The minimum Gasteiger partial charge on any atom is -0.313 e. The van der Waals surface area contributed by atoms with Crippen molar-refractivity contribution in [2.75, 3.05) is 6.54 Å². The first kappa shape index (κ1) is 13.5. The molecule has 0 radical (unpaired) electrons. The largest absolute Gasteiger partial charge is 0.313 e. The molecule has 3 atom stereocenters. The van der Waals surface area contributed by atoms with Crippen molar-refractivity contribution >= 4 is 0 Å². The molecule has 1 fully saturated rings. The number of hydrogen-bond acceptors (Lipinski definition) is 1. The third kappa shape index (κ3) is 3.55. The van der Waals surface area contributed by atoms with Crippen LogP contribution < -0.4 is 5.32 Å². The molecule has 18 heavy (non-hydrogen) atoms. The van der Waals surface area contributed by atoms with E-state index >= 15 is 0 Å². The molecule has 1 aromatic rings. The van der Waals surface area contributed by atoms with Gasteiger partial charge in [0.25, 0.3) is 0 Å². The molecule has 0 amide bonds. The Morgan fingerprint density at radius 1 is 1.22 bits per heavy atom. The van der Waals surface area contributed by atoms with Crippen LogP contribution in [0.5, 0.6) is 0 Å². The Balaban J connectivity index is 1.77. The molecule has 0 heterocycles. The minimum absolute atomic E-state index is 0.0791. The molecule has 3 unspecified atom stereocenters. The van der Waals surface area contributed by atoms with Gasteiger partial charge in [-0.3, -0.25) is 0 Å². The van der Waals surface area contributed by atoms with Crippen LogP contribution in [-0.4, -0.2) is 12.6 Å². The number of rotatable bonds is 4. The summed E-state index contributed by atoms with van der Waals surface area (Å²) < 4.78 is 13.5. The molecular formula is C16H24FN. The van der Waals surface area contributed by atoms with Crippen molar-refractivity contribution in [2.24, 2.45) is 11.8 Å². The van der Waals surface area contributed by atoms with Crippen molar-refractivity contribution in [3.05, 3.63) is 35.6 Å². The van der Waals surface area contributed by atoms with Gasteiger partial charge in [0.2, 0.25) is 0 Å². The van der Waals surface area contributed by atoms with Gasteiger partial charge in [0, 0.05) is 6.04 Å². The van der Waals surface area contributed by atoms with Crippen LogP contribution >= 0.6 is 0 Å². The fourth-order valence-electron chi connectivity index (χ4n) is 3.06. The summed E-state index contributed by atoms with van der Waals surface area (Å²) in [6.07, 6.45) is 4.68.